The van der Waals surface area contributed by atoms with Crippen molar-refractivity contribution in [2.24, 2.45) is 5.92 Å². The monoisotopic (exact) mass is 314 g/mol. The molecule has 1 aromatic rings. The fourth-order valence-electron chi connectivity index (χ4n) is 4.05. The van der Waals surface area contributed by atoms with Crippen molar-refractivity contribution in [1.82, 2.24) is 10.2 Å². The lowest BCUT2D eigenvalue weighted by Crippen LogP contribution is -2.50. The van der Waals surface area contributed by atoms with Crippen molar-refractivity contribution in [2.45, 2.75) is 64.0 Å². The van der Waals surface area contributed by atoms with Crippen molar-refractivity contribution < 1.29 is 4.79 Å². The minimum Gasteiger partial charge on any atom is -0.352 e. The molecule has 1 amide bonds. The van der Waals surface area contributed by atoms with Crippen LogP contribution in [0.4, 0.5) is 0 Å². The van der Waals surface area contributed by atoms with E-state index in [2.05, 4.69) is 47.5 Å². The molecule has 2 aliphatic rings. The highest BCUT2D eigenvalue weighted by atomic mass is 16.2. The zero-order chi connectivity index (χ0) is 16.1. The molecule has 1 heterocycles. The second kappa shape index (κ2) is 7.96. The zero-order valence-electron chi connectivity index (χ0n) is 14.3. The third kappa shape index (κ3) is 4.57. The Morgan fingerprint density at radius 2 is 1.78 bits per heavy atom. The molecule has 0 unspecified atom stereocenters. The van der Waals surface area contributed by atoms with Crippen LogP contribution in [0.5, 0.6) is 0 Å². The number of piperidine rings is 1. The molecule has 0 bridgehead atoms. The summed E-state index contributed by atoms with van der Waals surface area (Å²) in [6.45, 7) is 4.18. The molecule has 1 aromatic carbocycles. The minimum atomic E-state index is 0.0216. The van der Waals surface area contributed by atoms with Crippen LogP contribution in [0.15, 0.2) is 30.3 Å². The van der Waals surface area contributed by atoms with Crippen LogP contribution < -0.4 is 5.32 Å². The summed E-state index contributed by atoms with van der Waals surface area (Å²) < 4.78 is 0. The summed E-state index contributed by atoms with van der Waals surface area (Å²) in [4.78, 5) is 14.8. The van der Waals surface area contributed by atoms with Gasteiger partial charge in [0.15, 0.2) is 0 Å². The third-order valence-corrected chi connectivity index (χ3v) is 5.65. The van der Waals surface area contributed by atoms with Gasteiger partial charge in [-0.2, -0.15) is 0 Å². The van der Waals surface area contributed by atoms with Gasteiger partial charge < -0.3 is 5.32 Å². The van der Waals surface area contributed by atoms with Crippen LogP contribution in [-0.2, 0) is 11.2 Å². The molecule has 1 saturated heterocycles. The first-order valence-electron chi connectivity index (χ1n) is 9.30. The molecule has 3 rings (SSSR count). The number of likely N-dealkylation sites (tertiary alicyclic amines) is 1. The molecule has 1 aliphatic heterocycles. The van der Waals surface area contributed by atoms with Crippen molar-refractivity contribution in [3.05, 3.63) is 35.9 Å². The first-order chi connectivity index (χ1) is 11.2. The van der Waals surface area contributed by atoms with Crippen LogP contribution in [0.1, 0.15) is 51.0 Å². The standard InChI is InChI=1S/C20H30N2O/c1-16(20(23)21-19-9-5-6-10-19)22-13-11-18(12-14-22)15-17-7-3-2-4-8-17/h2-4,7-8,16,18-19H,5-6,9-15H2,1H3,(H,21,23)/t16-/m1/s1. The maximum Gasteiger partial charge on any atom is 0.237 e. The van der Waals surface area contributed by atoms with Gasteiger partial charge in [-0.15, -0.1) is 0 Å². The van der Waals surface area contributed by atoms with E-state index < -0.39 is 0 Å². The number of nitrogens with one attached hydrogen (secondary N) is 1. The molecule has 1 N–H and O–H groups in total. The first-order valence-corrected chi connectivity index (χ1v) is 9.30. The van der Waals surface area contributed by atoms with E-state index in [1.807, 2.05) is 0 Å². The SMILES string of the molecule is C[C@H](C(=O)NC1CCCC1)N1CCC(Cc2ccccc2)CC1. The number of hydrogen-bond donors (Lipinski definition) is 1. The molecule has 3 heteroatoms. The molecule has 1 saturated carbocycles. The molecule has 3 nitrogen and oxygen atoms in total. The predicted molar refractivity (Wildman–Crippen MR) is 94.3 cm³/mol. The molecule has 126 valence electrons. The first kappa shape index (κ1) is 16.5. The van der Waals surface area contributed by atoms with Gasteiger partial charge in [-0.25, -0.2) is 0 Å². The number of nitrogens with zero attached hydrogens (tertiary/aromatic N) is 1. The topological polar surface area (TPSA) is 32.3 Å². The van der Waals surface area contributed by atoms with Crippen molar-refractivity contribution >= 4 is 5.91 Å². The number of hydrogen-bond acceptors (Lipinski definition) is 2. The molecular formula is C20H30N2O. The van der Waals surface area contributed by atoms with Crippen LogP contribution in [0.2, 0.25) is 0 Å². The summed E-state index contributed by atoms with van der Waals surface area (Å²) in [6, 6.07) is 11.2. The number of carbonyl (C=O) groups is 1. The van der Waals surface area contributed by atoms with Gasteiger partial charge in [0.2, 0.25) is 5.91 Å². The maximum atomic E-state index is 12.4. The molecular weight excluding hydrogens is 284 g/mol. The van der Waals surface area contributed by atoms with Crippen LogP contribution in [0.25, 0.3) is 0 Å². The Bertz CT molecular complexity index is 488. The largest absolute Gasteiger partial charge is 0.352 e. The zero-order valence-corrected chi connectivity index (χ0v) is 14.3. The van der Waals surface area contributed by atoms with E-state index in [1.165, 1.54) is 37.7 Å². The fraction of sp³-hybridized carbons (Fsp3) is 0.650. The smallest absolute Gasteiger partial charge is 0.237 e. The van der Waals surface area contributed by atoms with Gasteiger partial charge >= 0.3 is 0 Å². The summed E-state index contributed by atoms with van der Waals surface area (Å²) in [5, 5.41) is 3.25. The van der Waals surface area contributed by atoms with Gasteiger partial charge in [-0.3, -0.25) is 9.69 Å². The second-order valence-corrected chi connectivity index (χ2v) is 7.34. The quantitative estimate of drug-likeness (QED) is 0.903. The lowest BCUT2D eigenvalue weighted by molar-refractivity contribution is -0.127. The summed E-state index contributed by atoms with van der Waals surface area (Å²) in [7, 11) is 0. The molecule has 0 aromatic heterocycles. The van der Waals surface area contributed by atoms with Gasteiger partial charge in [-0.05, 0) is 63.6 Å². The summed E-state index contributed by atoms with van der Waals surface area (Å²) in [5.41, 5.74) is 1.44. The fourth-order valence-corrected chi connectivity index (χ4v) is 4.05. The van der Waals surface area contributed by atoms with E-state index in [0.717, 1.165) is 31.8 Å². The highest BCUT2D eigenvalue weighted by Crippen LogP contribution is 2.23. The Hall–Kier alpha value is -1.35. The number of benzene rings is 1. The van der Waals surface area contributed by atoms with Crippen molar-refractivity contribution in [3.63, 3.8) is 0 Å². The Balaban J connectivity index is 1.43. The lowest BCUT2D eigenvalue weighted by atomic mass is 9.89. The average molecular weight is 314 g/mol. The van der Waals surface area contributed by atoms with Crippen LogP contribution >= 0.6 is 0 Å². The van der Waals surface area contributed by atoms with E-state index in [4.69, 9.17) is 0 Å². The van der Waals surface area contributed by atoms with E-state index in [0.29, 0.717) is 6.04 Å². The highest BCUT2D eigenvalue weighted by molar-refractivity contribution is 5.81. The van der Waals surface area contributed by atoms with Crippen molar-refractivity contribution in [3.8, 4) is 0 Å². The Labute approximate surface area is 140 Å². The van der Waals surface area contributed by atoms with Gasteiger partial charge in [-0.1, -0.05) is 43.2 Å². The highest BCUT2D eigenvalue weighted by Gasteiger charge is 2.28. The van der Waals surface area contributed by atoms with Gasteiger partial charge in [0.05, 0.1) is 6.04 Å². The average Bonchev–Trinajstić information content (AvgIpc) is 3.09. The van der Waals surface area contributed by atoms with Crippen LogP contribution in [0.3, 0.4) is 0 Å². The molecule has 2 fully saturated rings. The predicted octanol–water partition coefficient (Wildman–Crippen LogP) is 3.39. The Morgan fingerprint density at radius 1 is 1.13 bits per heavy atom. The summed E-state index contributed by atoms with van der Waals surface area (Å²) in [6.07, 6.45) is 8.45. The third-order valence-electron chi connectivity index (χ3n) is 5.65. The lowest BCUT2D eigenvalue weighted by Gasteiger charge is -2.35. The Kier molecular flexibility index (Phi) is 5.71. The summed E-state index contributed by atoms with van der Waals surface area (Å²) in [5.74, 6) is 0.997. The molecule has 0 spiro atoms. The maximum absolute atomic E-state index is 12.4. The molecule has 1 atom stereocenters. The second-order valence-electron chi connectivity index (χ2n) is 7.34. The molecule has 23 heavy (non-hydrogen) atoms. The van der Waals surface area contributed by atoms with E-state index >= 15 is 0 Å². The molecule has 0 radical (unpaired) electrons. The van der Waals surface area contributed by atoms with Gasteiger partial charge in [0.25, 0.3) is 0 Å². The number of rotatable bonds is 5. The Morgan fingerprint density at radius 3 is 2.43 bits per heavy atom. The van der Waals surface area contributed by atoms with Gasteiger partial charge in [0.1, 0.15) is 0 Å². The van der Waals surface area contributed by atoms with Crippen LogP contribution in [0, 0.1) is 5.92 Å². The van der Waals surface area contributed by atoms with Gasteiger partial charge in [0, 0.05) is 6.04 Å². The van der Waals surface area contributed by atoms with E-state index in [9.17, 15) is 4.79 Å². The minimum absolute atomic E-state index is 0.0216. The number of amides is 1. The van der Waals surface area contributed by atoms with E-state index in [-0.39, 0.29) is 11.9 Å². The summed E-state index contributed by atoms with van der Waals surface area (Å²) >= 11 is 0. The number of carbonyl (C=O) groups excluding carboxylic acids is 1. The normalized spacial score (nSPS) is 22.1. The van der Waals surface area contributed by atoms with Crippen molar-refractivity contribution in [2.75, 3.05) is 13.1 Å². The van der Waals surface area contributed by atoms with E-state index in [1.54, 1.807) is 0 Å². The van der Waals surface area contributed by atoms with Crippen molar-refractivity contribution in [1.29, 1.82) is 0 Å². The molecule has 1 aliphatic carbocycles. The van der Waals surface area contributed by atoms with Crippen LogP contribution in [-0.4, -0.2) is 36.0 Å².